The van der Waals surface area contributed by atoms with Crippen LogP contribution in [0.15, 0.2) is 23.1 Å². The quantitative estimate of drug-likeness (QED) is 0.838. The molecule has 0 aliphatic carbocycles. The lowest BCUT2D eigenvalue weighted by Gasteiger charge is -2.33. The second kappa shape index (κ2) is 7.61. The number of sulfonamides is 1. The number of aliphatic hydroxyl groups is 1. The third kappa shape index (κ3) is 4.44. The molecule has 0 spiro atoms. The van der Waals surface area contributed by atoms with Crippen molar-refractivity contribution in [1.82, 2.24) is 9.21 Å². The van der Waals surface area contributed by atoms with E-state index in [0.717, 1.165) is 5.56 Å². The smallest absolute Gasteiger partial charge is 0.243 e. The van der Waals surface area contributed by atoms with Crippen LogP contribution in [0.2, 0.25) is 0 Å². The second-order valence-electron chi connectivity index (χ2n) is 6.06. The van der Waals surface area contributed by atoms with Gasteiger partial charge in [0, 0.05) is 32.7 Å². The molecule has 1 saturated heterocycles. The summed E-state index contributed by atoms with van der Waals surface area (Å²) in [4.78, 5) is 2.37. The molecule has 1 heterocycles. The van der Waals surface area contributed by atoms with Gasteiger partial charge in [-0.25, -0.2) is 8.42 Å². The number of β-amino-alcohol motifs (C(OH)–C–C–N with tert-alkyl or cyclic N) is 1. The van der Waals surface area contributed by atoms with Crippen molar-refractivity contribution in [3.63, 3.8) is 0 Å². The van der Waals surface area contributed by atoms with E-state index in [2.05, 4.69) is 4.90 Å². The van der Waals surface area contributed by atoms with Crippen LogP contribution < -0.4 is 4.74 Å². The summed E-state index contributed by atoms with van der Waals surface area (Å²) in [5.41, 5.74) is 0.818. The van der Waals surface area contributed by atoms with E-state index in [0.29, 0.717) is 43.4 Å². The molecule has 1 aliphatic rings. The fourth-order valence-corrected chi connectivity index (χ4v) is 4.16. The van der Waals surface area contributed by atoms with Crippen LogP contribution in [0.5, 0.6) is 5.75 Å². The van der Waals surface area contributed by atoms with Gasteiger partial charge in [0.05, 0.1) is 17.6 Å². The predicted octanol–water partition coefficient (Wildman–Crippen LogP) is 1.08. The van der Waals surface area contributed by atoms with E-state index in [1.165, 1.54) is 4.31 Å². The number of nitrogens with zero attached hydrogens (tertiary/aromatic N) is 2. The average Bonchev–Trinajstić information content (AvgIpc) is 2.49. The summed E-state index contributed by atoms with van der Waals surface area (Å²) in [6.45, 7) is 8.62. The second-order valence-corrected chi connectivity index (χ2v) is 8.00. The highest BCUT2D eigenvalue weighted by molar-refractivity contribution is 7.89. The minimum absolute atomic E-state index is 0.0516. The van der Waals surface area contributed by atoms with Crippen molar-refractivity contribution in [2.75, 3.05) is 39.3 Å². The molecule has 1 aromatic rings. The van der Waals surface area contributed by atoms with Crippen LogP contribution in [0, 0.1) is 6.92 Å². The number of aliphatic hydroxyl groups excluding tert-OH is 1. The van der Waals surface area contributed by atoms with Crippen LogP contribution in [0.3, 0.4) is 0 Å². The first kappa shape index (κ1) is 18.2. The molecular formula is C16H26N2O4S. The third-order valence-corrected chi connectivity index (χ3v) is 5.79. The van der Waals surface area contributed by atoms with Crippen LogP contribution >= 0.6 is 0 Å². The van der Waals surface area contributed by atoms with Gasteiger partial charge in [-0.15, -0.1) is 0 Å². The Morgan fingerprint density at radius 1 is 1.22 bits per heavy atom. The molecular weight excluding hydrogens is 316 g/mol. The van der Waals surface area contributed by atoms with Crippen molar-refractivity contribution in [1.29, 1.82) is 0 Å². The molecule has 0 radical (unpaired) electrons. The first-order chi connectivity index (χ1) is 10.8. The molecule has 0 unspecified atom stereocenters. The van der Waals surface area contributed by atoms with Crippen molar-refractivity contribution < 1.29 is 18.3 Å². The SMILES string of the molecule is Cc1cc(S(=O)(=O)N2CCN(CCO)CC2)ccc1OC(C)C. The maximum Gasteiger partial charge on any atom is 0.243 e. The van der Waals surface area contributed by atoms with Crippen LogP contribution in [0.4, 0.5) is 0 Å². The number of hydrogen-bond acceptors (Lipinski definition) is 5. The highest BCUT2D eigenvalue weighted by atomic mass is 32.2. The van der Waals surface area contributed by atoms with E-state index in [9.17, 15) is 8.42 Å². The summed E-state index contributed by atoms with van der Waals surface area (Å²) in [5.74, 6) is 0.715. The van der Waals surface area contributed by atoms with Crippen LogP contribution in [-0.4, -0.2) is 68.2 Å². The first-order valence-electron chi connectivity index (χ1n) is 7.95. The molecule has 0 saturated carbocycles. The van der Waals surface area contributed by atoms with Crippen molar-refractivity contribution in [3.8, 4) is 5.75 Å². The molecule has 1 aliphatic heterocycles. The van der Waals surface area contributed by atoms with Crippen molar-refractivity contribution >= 4 is 10.0 Å². The summed E-state index contributed by atoms with van der Waals surface area (Å²) < 4.78 is 32.7. The molecule has 6 nitrogen and oxygen atoms in total. The Kier molecular flexibility index (Phi) is 6.02. The molecule has 0 atom stereocenters. The Hall–Kier alpha value is -1.15. The van der Waals surface area contributed by atoms with Crippen LogP contribution in [0.25, 0.3) is 0 Å². The maximum absolute atomic E-state index is 12.8. The van der Waals surface area contributed by atoms with E-state index in [1.54, 1.807) is 18.2 Å². The normalized spacial score (nSPS) is 17.6. The third-order valence-electron chi connectivity index (χ3n) is 3.89. The Bertz CT molecular complexity index is 623. The highest BCUT2D eigenvalue weighted by Gasteiger charge is 2.28. The molecule has 1 aromatic carbocycles. The molecule has 0 amide bonds. The van der Waals surface area contributed by atoms with Gasteiger partial charge >= 0.3 is 0 Å². The van der Waals surface area contributed by atoms with Crippen molar-refractivity contribution in [2.45, 2.75) is 31.8 Å². The summed E-state index contributed by atoms with van der Waals surface area (Å²) in [6, 6.07) is 5.01. The van der Waals surface area contributed by atoms with Gasteiger partial charge in [-0.3, -0.25) is 4.90 Å². The maximum atomic E-state index is 12.8. The summed E-state index contributed by atoms with van der Waals surface area (Å²) in [6.07, 6.45) is 0.0516. The summed E-state index contributed by atoms with van der Waals surface area (Å²) in [5, 5.41) is 8.96. The van der Waals surface area contributed by atoms with Gasteiger partial charge in [-0.05, 0) is 44.5 Å². The minimum Gasteiger partial charge on any atom is -0.491 e. The van der Waals surface area contributed by atoms with Crippen molar-refractivity contribution in [2.24, 2.45) is 0 Å². The Morgan fingerprint density at radius 2 is 1.87 bits per heavy atom. The monoisotopic (exact) mass is 342 g/mol. The zero-order chi connectivity index (χ0) is 17.0. The summed E-state index contributed by atoms with van der Waals surface area (Å²) in [7, 11) is -3.48. The number of aryl methyl sites for hydroxylation is 1. The lowest BCUT2D eigenvalue weighted by atomic mass is 10.2. The molecule has 0 aromatic heterocycles. The zero-order valence-corrected chi connectivity index (χ0v) is 14.8. The van der Waals surface area contributed by atoms with Gasteiger partial charge in [0.2, 0.25) is 10.0 Å². The number of piperazine rings is 1. The van der Waals surface area contributed by atoms with Gasteiger partial charge in [-0.1, -0.05) is 0 Å². The molecule has 0 bridgehead atoms. The highest BCUT2D eigenvalue weighted by Crippen LogP contribution is 2.25. The van der Waals surface area contributed by atoms with Crippen LogP contribution in [0.1, 0.15) is 19.4 Å². The van der Waals surface area contributed by atoms with Gasteiger partial charge in [0.25, 0.3) is 0 Å². The van der Waals surface area contributed by atoms with E-state index in [-0.39, 0.29) is 12.7 Å². The Balaban J connectivity index is 2.12. The molecule has 1 N–H and O–H groups in total. The molecule has 1 fully saturated rings. The van der Waals surface area contributed by atoms with Crippen LogP contribution in [-0.2, 0) is 10.0 Å². The van der Waals surface area contributed by atoms with Gasteiger partial charge in [-0.2, -0.15) is 4.31 Å². The van der Waals surface area contributed by atoms with Crippen molar-refractivity contribution in [3.05, 3.63) is 23.8 Å². The Morgan fingerprint density at radius 3 is 2.39 bits per heavy atom. The largest absolute Gasteiger partial charge is 0.491 e. The number of hydrogen-bond donors (Lipinski definition) is 1. The predicted molar refractivity (Wildman–Crippen MR) is 89.2 cm³/mol. The standard InChI is InChI=1S/C16H26N2O4S/c1-13(2)22-16-5-4-15(12-14(16)3)23(20,21)18-8-6-17(7-9-18)10-11-19/h4-5,12-13,19H,6-11H2,1-3H3. The fraction of sp³-hybridized carbons (Fsp3) is 0.625. The number of ether oxygens (including phenoxy) is 1. The minimum atomic E-state index is -3.48. The lowest BCUT2D eigenvalue weighted by Crippen LogP contribution is -2.49. The molecule has 130 valence electrons. The van der Waals surface area contributed by atoms with Gasteiger partial charge < -0.3 is 9.84 Å². The number of benzene rings is 1. The molecule has 7 heteroatoms. The van der Waals surface area contributed by atoms with E-state index in [4.69, 9.17) is 9.84 Å². The Labute approximate surface area is 138 Å². The van der Waals surface area contributed by atoms with E-state index < -0.39 is 10.0 Å². The topological polar surface area (TPSA) is 70.1 Å². The van der Waals surface area contributed by atoms with E-state index >= 15 is 0 Å². The summed E-state index contributed by atoms with van der Waals surface area (Å²) >= 11 is 0. The lowest BCUT2D eigenvalue weighted by molar-refractivity contribution is 0.151. The van der Waals surface area contributed by atoms with E-state index in [1.807, 2.05) is 20.8 Å². The molecule has 2 rings (SSSR count). The first-order valence-corrected chi connectivity index (χ1v) is 9.39. The zero-order valence-electron chi connectivity index (χ0n) is 14.0. The molecule has 23 heavy (non-hydrogen) atoms. The van der Waals surface area contributed by atoms with Gasteiger partial charge in [0.1, 0.15) is 5.75 Å². The fourth-order valence-electron chi connectivity index (χ4n) is 2.65. The van der Waals surface area contributed by atoms with Gasteiger partial charge in [0.15, 0.2) is 0 Å². The number of rotatable bonds is 6. The average molecular weight is 342 g/mol.